The molecule has 0 atom stereocenters. The van der Waals surface area contributed by atoms with Crippen molar-refractivity contribution in [3.05, 3.63) is 60.3 Å². The summed E-state index contributed by atoms with van der Waals surface area (Å²) in [6, 6.07) is 18.7. The number of nitrogens with one attached hydrogen (secondary N) is 1. The van der Waals surface area contributed by atoms with Crippen molar-refractivity contribution >= 4 is 29.1 Å². The molecule has 1 aromatic heterocycles. The van der Waals surface area contributed by atoms with Crippen LogP contribution in [-0.2, 0) is 4.74 Å². The van der Waals surface area contributed by atoms with Gasteiger partial charge in [-0.3, -0.25) is 0 Å². The molecule has 2 aromatic carbocycles. The molecule has 174 valence electrons. The molecule has 0 bridgehead atoms. The highest BCUT2D eigenvalue weighted by atomic mass is 32.2. The zero-order chi connectivity index (χ0) is 23.2. The Balaban J connectivity index is 1.29. The molecule has 2 aliphatic rings. The Morgan fingerprint density at radius 2 is 1.79 bits per heavy atom. The summed E-state index contributed by atoms with van der Waals surface area (Å²) in [4.78, 5) is 12.5. The summed E-state index contributed by atoms with van der Waals surface area (Å²) in [6.45, 7) is 3.38. The molecule has 1 aliphatic heterocycles. The van der Waals surface area contributed by atoms with Crippen molar-refractivity contribution in [2.75, 3.05) is 36.5 Å². The number of benzene rings is 2. The Bertz CT molecular complexity index is 1150. The van der Waals surface area contributed by atoms with E-state index in [1.54, 1.807) is 6.20 Å². The summed E-state index contributed by atoms with van der Waals surface area (Å²) in [6.07, 6.45) is 8.17. The highest BCUT2D eigenvalue weighted by Crippen LogP contribution is 2.36. The van der Waals surface area contributed by atoms with Crippen LogP contribution in [0.4, 0.5) is 17.3 Å². The van der Waals surface area contributed by atoms with E-state index in [-0.39, 0.29) is 0 Å². The number of rotatable bonds is 6. The lowest BCUT2D eigenvalue weighted by atomic mass is 10.0. The van der Waals surface area contributed by atoms with Gasteiger partial charge in [0.1, 0.15) is 6.07 Å². The average Bonchev–Trinajstić information content (AvgIpc) is 2.91. The second-order valence-electron chi connectivity index (χ2n) is 8.74. The van der Waals surface area contributed by atoms with Gasteiger partial charge in [0.15, 0.2) is 0 Å². The normalized spacial score (nSPS) is 16.7. The number of ether oxygens (including phenoxy) is 1. The van der Waals surface area contributed by atoms with Crippen molar-refractivity contribution in [2.45, 2.75) is 42.2 Å². The molecular weight excluding hydrogens is 442 g/mol. The fourth-order valence-electron chi connectivity index (χ4n) is 4.53. The van der Waals surface area contributed by atoms with Crippen LogP contribution in [0.15, 0.2) is 59.6 Å². The second kappa shape index (κ2) is 10.9. The number of nitriles is 1. The maximum atomic E-state index is 9.77. The van der Waals surface area contributed by atoms with Crippen molar-refractivity contribution in [1.82, 2.24) is 9.97 Å². The monoisotopic (exact) mass is 471 g/mol. The fourth-order valence-corrected chi connectivity index (χ4v) is 5.83. The average molecular weight is 472 g/mol. The molecule has 1 aliphatic carbocycles. The van der Waals surface area contributed by atoms with Crippen LogP contribution < -0.4 is 10.2 Å². The second-order valence-corrected chi connectivity index (χ2v) is 10.1. The molecule has 1 N–H and O–H groups in total. The Morgan fingerprint density at radius 1 is 1.00 bits per heavy atom. The zero-order valence-electron chi connectivity index (χ0n) is 19.2. The first kappa shape index (κ1) is 22.7. The number of thioether (sulfide) groups is 1. The molecule has 0 spiro atoms. The van der Waals surface area contributed by atoms with Gasteiger partial charge in [0.05, 0.1) is 24.5 Å². The van der Waals surface area contributed by atoms with Crippen LogP contribution in [0.5, 0.6) is 0 Å². The highest BCUT2D eigenvalue weighted by Gasteiger charge is 2.17. The van der Waals surface area contributed by atoms with Crippen LogP contribution in [0.25, 0.3) is 11.3 Å². The van der Waals surface area contributed by atoms with Gasteiger partial charge in [0.25, 0.3) is 0 Å². The molecule has 2 heterocycles. The Hall–Kier alpha value is -3.08. The van der Waals surface area contributed by atoms with E-state index in [0.29, 0.717) is 11.2 Å². The minimum Gasteiger partial charge on any atom is -0.378 e. The number of hydrogen-bond donors (Lipinski definition) is 1. The number of nitrogens with zero attached hydrogens (tertiary/aromatic N) is 4. The lowest BCUT2D eigenvalue weighted by Crippen LogP contribution is -2.36. The summed E-state index contributed by atoms with van der Waals surface area (Å²) in [5.74, 6) is 0.538. The molecule has 0 unspecified atom stereocenters. The van der Waals surface area contributed by atoms with Crippen molar-refractivity contribution in [3.8, 4) is 17.3 Å². The van der Waals surface area contributed by atoms with Crippen LogP contribution in [0.1, 0.15) is 37.7 Å². The summed E-state index contributed by atoms with van der Waals surface area (Å²) >= 11 is 1.86. The molecule has 6 nitrogen and oxygen atoms in total. The Labute approximate surface area is 205 Å². The zero-order valence-corrected chi connectivity index (χ0v) is 20.1. The highest BCUT2D eigenvalue weighted by molar-refractivity contribution is 8.00. The van der Waals surface area contributed by atoms with E-state index >= 15 is 0 Å². The van der Waals surface area contributed by atoms with E-state index in [4.69, 9.17) is 9.72 Å². The molecule has 7 heteroatoms. The van der Waals surface area contributed by atoms with Gasteiger partial charge in [0.2, 0.25) is 5.95 Å². The number of morpholine rings is 1. The topological polar surface area (TPSA) is 74.1 Å². The molecule has 2 fully saturated rings. The quantitative estimate of drug-likeness (QED) is 0.471. The molecule has 5 rings (SSSR count). The molecule has 3 aromatic rings. The van der Waals surface area contributed by atoms with Gasteiger partial charge in [-0.15, -0.1) is 11.8 Å². The van der Waals surface area contributed by atoms with Crippen molar-refractivity contribution in [1.29, 1.82) is 5.26 Å². The standard InChI is InChI=1S/C27H29N5OS/c28-19-21-18-20(6-11-26(21)34-24-4-2-1-3-5-24)25-12-13-29-27(31-25)30-22-7-9-23(10-8-22)32-14-16-33-17-15-32/h6-13,18,24H,1-5,14-17H2,(H,29,30,31). The predicted octanol–water partition coefficient (Wildman–Crippen LogP) is 6.02. The van der Waals surface area contributed by atoms with Crippen molar-refractivity contribution < 1.29 is 4.74 Å². The molecule has 0 amide bonds. The lowest BCUT2D eigenvalue weighted by molar-refractivity contribution is 0.122. The first-order chi connectivity index (χ1) is 16.8. The van der Waals surface area contributed by atoms with E-state index in [0.717, 1.165) is 53.7 Å². The van der Waals surface area contributed by atoms with Crippen LogP contribution in [-0.4, -0.2) is 41.5 Å². The molecular formula is C27H29N5OS. The smallest absolute Gasteiger partial charge is 0.227 e. The van der Waals surface area contributed by atoms with Gasteiger partial charge in [-0.25, -0.2) is 9.97 Å². The minimum atomic E-state index is 0.538. The molecule has 1 saturated carbocycles. The van der Waals surface area contributed by atoms with E-state index in [1.165, 1.54) is 37.8 Å². The first-order valence-corrected chi connectivity index (χ1v) is 12.9. The molecule has 0 radical (unpaired) electrons. The Kier molecular flexibility index (Phi) is 7.28. The van der Waals surface area contributed by atoms with Crippen LogP contribution in [0.2, 0.25) is 0 Å². The van der Waals surface area contributed by atoms with E-state index in [2.05, 4.69) is 45.5 Å². The largest absolute Gasteiger partial charge is 0.378 e. The van der Waals surface area contributed by atoms with E-state index in [1.807, 2.05) is 36.0 Å². The maximum Gasteiger partial charge on any atom is 0.227 e. The van der Waals surface area contributed by atoms with E-state index < -0.39 is 0 Å². The molecule has 1 saturated heterocycles. The van der Waals surface area contributed by atoms with Gasteiger partial charge in [-0.2, -0.15) is 5.26 Å². The summed E-state index contributed by atoms with van der Waals surface area (Å²) in [7, 11) is 0. The van der Waals surface area contributed by atoms with Gasteiger partial charge in [-0.05, 0) is 55.3 Å². The first-order valence-electron chi connectivity index (χ1n) is 12.0. The third kappa shape index (κ3) is 5.52. The van der Waals surface area contributed by atoms with Crippen molar-refractivity contribution in [3.63, 3.8) is 0 Å². The van der Waals surface area contributed by atoms with E-state index in [9.17, 15) is 5.26 Å². The molecule has 34 heavy (non-hydrogen) atoms. The van der Waals surface area contributed by atoms with Crippen LogP contribution in [0, 0.1) is 11.3 Å². The minimum absolute atomic E-state index is 0.538. The number of hydrogen-bond acceptors (Lipinski definition) is 7. The summed E-state index contributed by atoms with van der Waals surface area (Å²) in [5.41, 5.74) is 4.58. The third-order valence-electron chi connectivity index (χ3n) is 6.40. The summed E-state index contributed by atoms with van der Waals surface area (Å²) in [5, 5.41) is 13.7. The number of anilines is 3. The van der Waals surface area contributed by atoms with Gasteiger partial charge in [-0.1, -0.05) is 25.3 Å². The van der Waals surface area contributed by atoms with Gasteiger partial charge < -0.3 is 15.0 Å². The summed E-state index contributed by atoms with van der Waals surface area (Å²) < 4.78 is 5.44. The maximum absolute atomic E-state index is 9.77. The third-order valence-corrected chi connectivity index (χ3v) is 7.81. The van der Waals surface area contributed by atoms with Gasteiger partial charge >= 0.3 is 0 Å². The Morgan fingerprint density at radius 3 is 2.56 bits per heavy atom. The van der Waals surface area contributed by atoms with Gasteiger partial charge in [0, 0.05) is 46.4 Å². The predicted molar refractivity (Wildman–Crippen MR) is 138 cm³/mol. The van der Waals surface area contributed by atoms with Crippen LogP contribution in [0.3, 0.4) is 0 Å². The van der Waals surface area contributed by atoms with Crippen molar-refractivity contribution in [2.24, 2.45) is 0 Å². The number of aromatic nitrogens is 2. The SMILES string of the molecule is N#Cc1cc(-c2ccnc(Nc3ccc(N4CCOCC4)cc3)n2)ccc1SC1CCCCC1. The fraction of sp³-hybridized carbons (Fsp3) is 0.370. The lowest BCUT2D eigenvalue weighted by Gasteiger charge is -2.28. The van der Waals surface area contributed by atoms with Crippen LogP contribution >= 0.6 is 11.8 Å².